The van der Waals surface area contributed by atoms with Gasteiger partial charge < -0.3 is 10.2 Å². The second kappa shape index (κ2) is 7.45. The highest BCUT2D eigenvalue weighted by Crippen LogP contribution is 2.45. The van der Waals surface area contributed by atoms with Gasteiger partial charge in [0, 0.05) is 19.6 Å². The molecule has 2 atom stereocenters. The van der Waals surface area contributed by atoms with E-state index in [1.807, 2.05) is 30.3 Å². The Morgan fingerprint density at radius 1 is 1.04 bits per heavy atom. The van der Waals surface area contributed by atoms with E-state index < -0.39 is 17.5 Å². The van der Waals surface area contributed by atoms with Crippen molar-refractivity contribution in [2.45, 2.75) is 38.3 Å². The minimum atomic E-state index is -1.03. The number of hydrogen-bond acceptors (Lipinski definition) is 3. The molecule has 1 aliphatic carbocycles. The summed E-state index contributed by atoms with van der Waals surface area (Å²) in [6.45, 7) is 1.85. The molecule has 2 aliphatic rings. The number of likely N-dealkylation sites (tertiary alicyclic amines) is 1. The molecule has 0 unspecified atom stereocenters. The summed E-state index contributed by atoms with van der Waals surface area (Å²) in [5, 5.41) is 20.5. The second-order valence-electron chi connectivity index (χ2n) is 8.15. The Hall–Kier alpha value is -2.17. The molecule has 27 heavy (non-hydrogen) atoms. The van der Waals surface area contributed by atoms with Crippen molar-refractivity contribution in [1.82, 2.24) is 4.90 Å². The molecule has 2 N–H and O–H groups in total. The normalized spacial score (nSPS) is 26.0. The number of hydrogen-bond donors (Lipinski definition) is 2. The predicted octanol–water partition coefficient (Wildman–Crippen LogP) is 3.79. The van der Waals surface area contributed by atoms with Crippen LogP contribution in [-0.2, 0) is 11.3 Å². The van der Waals surface area contributed by atoms with E-state index in [1.165, 1.54) is 16.7 Å². The Kier molecular flexibility index (Phi) is 5.02. The lowest BCUT2D eigenvalue weighted by molar-refractivity contribution is -0.165. The van der Waals surface area contributed by atoms with Crippen LogP contribution in [0.5, 0.6) is 0 Å². The maximum absolute atomic E-state index is 12.1. The van der Waals surface area contributed by atoms with Crippen LogP contribution in [0.1, 0.15) is 31.2 Å². The number of carbonyl (C=O) groups is 1. The Morgan fingerprint density at radius 2 is 1.74 bits per heavy atom. The number of nitrogens with zero attached hydrogens (tertiary/aromatic N) is 1. The highest BCUT2D eigenvalue weighted by Gasteiger charge is 2.51. The van der Waals surface area contributed by atoms with Crippen LogP contribution >= 0.6 is 0 Å². The van der Waals surface area contributed by atoms with Gasteiger partial charge in [0.15, 0.2) is 0 Å². The van der Waals surface area contributed by atoms with Gasteiger partial charge in [-0.2, -0.15) is 0 Å². The van der Waals surface area contributed by atoms with Crippen LogP contribution < -0.4 is 0 Å². The molecule has 4 heteroatoms. The fourth-order valence-corrected chi connectivity index (χ4v) is 4.43. The highest BCUT2D eigenvalue weighted by atomic mass is 16.4. The summed E-state index contributed by atoms with van der Waals surface area (Å²) < 4.78 is 0. The molecule has 0 bridgehead atoms. The molecule has 2 aromatic carbocycles. The summed E-state index contributed by atoms with van der Waals surface area (Å²) in [4.78, 5) is 14.4. The van der Waals surface area contributed by atoms with Crippen molar-refractivity contribution < 1.29 is 15.0 Å². The fourth-order valence-electron chi connectivity index (χ4n) is 4.43. The summed E-state index contributed by atoms with van der Waals surface area (Å²) in [6.07, 6.45) is 2.56. The van der Waals surface area contributed by atoms with Crippen LogP contribution in [0.3, 0.4) is 0 Å². The largest absolute Gasteiger partial charge is 0.481 e. The van der Waals surface area contributed by atoms with E-state index in [4.69, 9.17) is 0 Å². The highest BCUT2D eigenvalue weighted by molar-refractivity contribution is 5.76. The standard InChI is InChI=1S/C23H27NO3/c25-21-12-13-24(16-23(21,22(26)27)14-17-10-11-17)15-19-8-4-5-9-20(19)18-6-2-1-3-7-18/h1-9,17,21,25H,10-16H2,(H,26,27)/t21-,23+/m1/s1. The number of carboxylic acids is 1. The first-order chi connectivity index (χ1) is 13.1. The van der Waals surface area contributed by atoms with E-state index in [0.29, 0.717) is 31.8 Å². The van der Waals surface area contributed by atoms with Crippen molar-refractivity contribution in [3.05, 3.63) is 60.2 Å². The Labute approximate surface area is 160 Å². The van der Waals surface area contributed by atoms with E-state index in [1.54, 1.807) is 0 Å². The number of aliphatic hydroxyl groups is 1. The van der Waals surface area contributed by atoms with Crippen molar-refractivity contribution in [2.75, 3.05) is 13.1 Å². The molecule has 0 amide bonds. The predicted molar refractivity (Wildman–Crippen MR) is 105 cm³/mol. The third-order valence-corrected chi connectivity index (χ3v) is 6.13. The fraction of sp³-hybridized carbons (Fsp3) is 0.435. The van der Waals surface area contributed by atoms with Gasteiger partial charge >= 0.3 is 5.97 Å². The van der Waals surface area contributed by atoms with Gasteiger partial charge in [0.05, 0.1) is 6.10 Å². The molecule has 1 aliphatic heterocycles. The average molecular weight is 365 g/mol. The zero-order chi connectivity index (χ0) is 18.9. The van der Waals surface area contributed by atoms with Gasteiger partial charge in [-0.1, -0.05) is 67.4 Å². The molecule has 1 saturated heterocycles. The van der Waals surface area contributed by atoms with Crippen molar-refractivity contribution >= 4 is 5.97 Å². The quantitative estimate of drug-likeness (QED) is 0.818. The molecule has 4 nitrogen and oxygen atoms in total. The van der Waals surface area contributed by atoms with E-state index in [0.717, 1.165) is 19.4 Å². The molecule has 1 heterocycles. The lowest BCUT2D eigenvalue weighted by atomic mass is 9.73. The molecule has 0 spiro atoms. The number of aliphatic carboxylic acids is 1. The third kappa shape index (κ3) is 3.78. The molecule has 1 saturated carbocycles. The Bertz CT molecular complexity index is 802. The maximum atomic E-state index is 12.1. The molecular formula is C23H27NO3. The number of benzene rings is 2. The topological polar surface area (TPSA) is 60.8 Å². The van der Waals surface area contributed by atoms with E-state index in [2.05, 4.69) is 29.2 Å². The summed E-state index contributed by atoms with van der Waals surface area (Å²) in [5.41, 5.74) is 2.53. The summed E-state index contributed by atoms with van der Waals surface area (Å²) in [6, 6.07) is 18.6. The van der Waals surface area contributed by atoms with Crippen LogP contribution in [-0.4, -0.2) is 40.3 Å². The van der Waals surface area contributed by atoms with E-state index in [-0.39, 0.29) is 0 Å². The molecular weight excluding hydrogens is 338 g/mol. The Morgan fingerprint density at radius 3 is 2.44 bits per heavy atom. The van der Waals surface area contributed by atoms with Crippen molar-refractivity contribution in [1.29, 1.82) is 0 Å². The third-order valence-electron chi connectivity index (χ3n) is 6.13. The molecule has 2 aromatic rings. The lowest BCUT2D eigenvalue weighted by Gasteiger charge is -2.43. The smallest absolute Gasteiger partial charge is 0.313 e. The summed E-state index contributed by atoms with van der Waals surface area (Å²) in [7, 11) is 0. The minimum Gasteiger partial charge on any atom is -0.481 e. The van der Waals surface area contributed by atoms with Gasteiger partial charge in [0.25, 0.3) is 0 Å². The number of aliphatic hydroxyl groups excluding tert-OH is 1. The lowest BCUT2D eigenvalue weighted by Crippen LogP contribution is -2.56. The van der Waals surface area contributed by atoms with E-state index in [9.17, 15) is 15.0 Å². The molecule has 0 aromatic heterocycles. The number of rotatable bonds is 6. The first-order valence-electron chi connectivity index (χ1n) is 9.85. The van der Waals surface area contributed by atoms with E-state index >= 15 is 0 Å². The van der Waals surface area contributed by atoms with Crippen LogP contribution in [0.15, 0.2) is 54.6 Å². The summed E-state index contributed by atoms with van der Waals surface area (Å²) >= 11 is 0. The molecule has 0 radical (unpaired) electrons. The van der Waals surface area contributed by atoms with Gasteiger partial charge in [-0.15, -0.1) is 0 Å². The Balaban J connectivity index is 1.57. The van der Waals surface area contributed by atoms with Gasteiger partial charge in [0.2, 0.25) is 0 Å². The summed E-state index contributed by atoms with van der Waals surface area (Å²) in [5.74, 6) is -0.379. The van der Waals surface area contributed by atoms with Gasteiger partial charge in [-0.05, 0) is 35.4 Å². The molecule has 142 valence electrons. The minimum absolute atomic E-state index is 0.420. The van der Waals surface area contributed by atoms with Crippen molar-refractivity contribution in [3.8, 4) is 11.1 Å². The zero-order valence-corrected chi connectivity index (χ0v) is 15.6. The van der Waals surface area contributed by atoms with Gasteiger partial charge in [0.1, 0.15) is 5.41 Å². The first-order valence-corrected chi connectivity index (χ1v) is 9.85. The van der Waals surface area contributed by atoms with Crippen LogP contribution in [0.25, 0.3) is 11.1 Å². The SMILES string of the molecule is O=C(O)[C@@]1(CC2CC2)CN(Cc2ccccc2-c2ccccc2)CC[C@H]1O. The molecule has 2 fully saturated rings. The monoisotopic (exact) mass is 365 g/mol. The van der Waals surface area contributed by atoms with Gasteiger partial charge in [-0.25, -0.2) is 0 Å². The maximum Gasteiger partial charge on any atom is 0.313 e. The zero-order valence-electron chi connectivity index (χ0n) is 15.6. The van der Waals surface area contributed by atoms with Crippen LogP contribution in [0.4, 0.5) is 0 Å². The average Bonchev–Trinajstić information content (AvgIpc) is 3.49. The second-order valence-corrected chi connectivity index (χ2v) is 8.15. The van der Waals surface area contributed by atoms with Gasteiger partial charge in [-0.3, -0.25) is 9.69 Å². The number of piperidine rings is 1. The van der Waals surface area contributed by atoms with Crippen LogP contribution in [0, 0.1) is 11.3 Å². The van der Waals surface area contributed by atoms with Crippen LogP contribution in [0.2, 0.25) is 0 Å². The van der Waals surface area contributed by atoms with Crippen molar-refractivity contribution in [2.24, 2.45) is 11.3 Å². The van der Waals surface area contributed by atoms with Crippen molar-refractivity contribution in [3.63, 3.8) is 0 Å². The number of carboxylic acid groups (broad SMARTS) is 1. The first kappa shape index (κ1) is 18.2. The molecule has 4 rings (SSSR count).